The van der Waals surface area contributed by atoms with Crippen LogP contribution in [0.1, 0.15) is 17.0 Å². The molecule has 0 bridgehead atoms. The summed E-state index contributed by atoms with van der Waals surface area (Å²) in [6, 6.07) is 11.2. The molecule has 26 heavy (non-hydrogen) atoms. The number of rotatable bonds is 4. The molecule has 0 unspecified atom stereocenters. The van der Waals surface area contributed by atoms with E-state index in [0.29, 0.717) is 10.6 Å². The van der Waals surface area contributed by atoms with Gasteiger partial charge in [-0.25, -0.2) is 0 Å². The van der Waals surface area contributed by atoms with Crippen LogP contribution in [0.4, 0.5) is 10.5 Å². The minimum absolute atomic E-state index is 0.303. The van der Waals surface area contributed by atoms with Gasteiger partial charge in [-0.2, -0.15) is 0 Å². The van der Waals surface area contributed by atoms with Crippen LogP contribution in [0.25, 0.3) is 6.08 Å². The molecule has 2 heterocycles. The Labute approximate surface area is 155 Å². The molecule has 1 aromatic carbocycles. The lowest BCUT2D eigenvalue weighted by atomic mass is 10.2. The van der Waals surface area contributed by atoms with Crippen LogP contribution in [0.2, 0.25) is 0 Å². The topological polar surface area (TPSA) is 71.4 Å². The molecule has 134 valence electrons. The molecule has 1 saturated heterocycles. The number of nitrogens with one attached hydrogen (secondary N) is 1. The van der Waals surface area contributed by atoms with Crippen LogP contribution in [0.15, 0.2) is 41.3 Å². The fraction of sp³-hybridized carbons (Fsp3) is 0.211. The molecule has 7 heteroatoms. The van der Waals surface area contributed by atoms with E-state index in [1.165, 1.54) is 0 Å². The molecule has 1 aromatic heterocycles. The third-order valence-electron chi connectivity index (χ3n) is 4.29. The van der Waals surface area contributed by atoms with Crippen molar-refractivity contribution in [2.45, 2.75) is 13.8 Å². The predicted molar refractivity (Wildman–Crippen MR) is 103 cm³/mol. The number of nitrogens with zero attached hydrogens (tertiary/aromatic N) is 2. The predicted octanol–water partition coefficient (Wildman–Crippen LogP) is 3.32. The first-order chi connectivity index (χ1) is 12.4. The van der Waals surface area contributed by atoms with Gasteiger partial charge in [-0.1, -0.05) is 18.2 Å². The van der Waals surface area contributed by atoms with E-state index in [-0.39, 0.29) is 6.54 Å². The van der Waals surface area contributed by atoms with Crippen molar-refractivity contribution in [3.63, 3.8) is 0 Å². The summed E-state index contributed by atoms with van der Waals surface area (Å²) in [5.74, 6) is -0.851. The Morgan fingerprint density at radius 2 is 1.88 bits per heavy atom. The number of carbonyl (C=O) groups is 3. The molecular weight excluding hydrogens is 350 g/mol. The number of imide groups is 1. The Kier molecular flexibility index (Phi) is 4.99. The molecule has 1 aliphatic heterocycles. The molecule has 0 radical (unpaired) electrons. The van der Waals surface area contributed by atoms with Crippen LogP contribution in [0.5, 0.6) is 0 Å². The van der Waals surface area contributed by atoms with Crippen molar-refractivity contribution >= 4 is 40.6 Å². The Morgan fingerprint density at radius 1 is 1.15 bits per heavy atom. The number of amides is 3. The first kappa shape index (κ1) is 18.0. The maximum atomic E-state index is 12.5. The zero-order valence-corrected chi connectivity index (χ0v) is 15.6. The van der Waals surface area contributed by atoms with Crippen LogP contribution < -0.4 is 5.32 Å². The van der Waals surface area contributed by atoms with Gasteiger partial charge >= 0.3 is 0 Å². The van der Waals surface area contributed by atoms with E-state index in [1.807, 2.05) is 55.8 Å². The van der Waals surface area contributed by atoms with E-state index in [4.69, 9.17) is 0 Å². The van der Waals surface area contributed by atoms with Crippen molar-refractivity contribution in [1.82, 2.24) is 9.47 Å². The third kappa shape index (κ3) is 3.57. The SMILES string of the molecule is Cc1ccccc1NC(=O)CN1C(=O)S/C(=C\c2ccc(C)n2C)C1=O. The molecule has 0 atom stereocenters. The van der Waals surface area contributed by atoms with Crippen LogP contribution in [-0.4, -0.2) is 33.1 Å². The fourth-order valence-electron chi connectivity index (χ4n) is 2.60. The minimum Gasteiger partial charge on any atom is -0.348 e. The Morgan fingerprint density at radius 3 is 2.54 bits per heavy atom. The third-order valence-corrected chi connectivity index (χ3v) is 5.19. The van der Waals surface area contributed by atoms with Crippen molar-refractivity contribution < 1.29 is 14.4 Å². The molecule has 1 N–H and O–H groups in total. The number of benzene rings is 1. The van der Waals surface area contributed by atoms with Crippen molar-refractivity contribution in [3.8, 4) is 0 Å². The van der Waals surface area contributed by atoms with Gasteiger partial charge in [-0.3, -0.25) is 19.3 Å². The average Bonchev–Trinajstić information content (AvgIpc) is 3.05. The monoisotopic (exact) mass is 369 g/mol. The summed E-state index contributed by atoms with van der Waals surface area (Å²) in [6.07, 6.45) is 1.68. The lowest BCUT2D eigenvalue weighted by Gasteiger charge is -2.13. The Hall–Kier alpha value is -2.80. The van der Waals surface area contributed by atoms with Gasteiger partial charge in [0.2, 0.25) is 5.91 Å². The van der Waals surface area contributed by atoms with Crippen LogP contribution in [0, 0.1) is 13.8 Å². The first-order valence-corrected chi connectivity index (χ1v) is 8.91. The Balaban J connectivity index is 1.72. The highest BCUT2D eigenvalue weighted by molar-refractivity contribution is 8.18. The maximum absolute atomic E-state index is 12.5. The number of hydrogen-bond acceptors (Lipinski definition) is 4. The van der Waals surface area contributed by atoms with Gasteiger partial charge in [-0.05, 0) is 55.4 Å². The second-order valence-corrected chi connectivity index (χ2v) is 7.08. The summed E-state index contributed by atoms with van der Waals surface area (Å²) in [5.41, 5.74) is 3.46. The van der Waals surface area contributed by atoms with Gasteiger partial charge in [-0.15, -0.1) is 0 Å². The van der Waals surface area contributed by atoms with E-state index in [2.05, 4.69) is 5.32 Å². The second-order valence-electron chi connectivity index (χ2n) is 6.09. The average molecular weight is 369 g/mol. The minimum atomic E-state index is -0.446. The first-order valence-electron chi connectivity index (χ1n) is 8.10. The lowest BCUT2D eigenvalue weighted by molar-refractivity contribution is -0.127. The van der Waals surface area contributed by atoms with E-state index in [0.717, 1.165) is 33.6 Å². The van der Waals surface area contributed by atoms with Crippen LogP contribution >= 0.6 is 11.8 Å². The summed E-state index contributed by atoms with van der Waals surface area (Å²) in [7, 11) is 1.89. The molecule has 3 rings (SSSR count). The summed E-state index contributed by atoms with van der Waals surface area (Å²) in [4.78, 5) is 38.2. The Bertz CT molecular complexity index is 930. The molecule has 2 aromatic rings. The van der Waals surface area contributed by atoms with Crippen LogP contribution in [-0.2, 0) is 16.6 Å². The van der Waals surface area contributed by atoms with Crippen molar-refractivity contribution in [2.24, 2.45) is 7.05 Å². The lowest BCUT2D eigenvalue weighted by Crippen LogP contribution is -2.36. The molecular formula is C19H19N3O3S. The van der Waals surface area contributed by atoms with Crippen LogP contribution in [0.3, 0.4) is 0 Å². The fourth-order valence-corrected chi connectivity index (χ4v) is 3.42. The summed E-state index contributed by atoms with van der Waals surface area (Å²) < 4.78 is 1.93. The van der Waals surface area contributed by atoms with Gasteiger partial charge in [0.15, 0.2) is 0 Å². The zero-order valence-electron chi connectivity index (χ0n) is 14.8. The number of carbonyl (C=O) groups excluding carboxylic acids is 3. The number of anilines is 1. The van der Waals surface area contributed by atoms with Gasteiger partial charge in [0.25, 0.3) is 11.1 Å². The number of aromatic nitrogens is 1. The largest absolute Gasteiger partial charge is 0.348 e. The van der Waals surface area contributed by atoms with Gasteiger partial charge < -0.3 is 9.88 Å². The highest BCUT2D eigenvalue weighted by atomic mass is 32.2. The quantitative estimate of drug-likeness (QED) is 0.840. The number of thioether (sulfide) groups is 1. The molecule has 1 aliphatic rings. The van der Waals surface area contributed by atoms with E-state index >= 15 is 0 Å². The summed E-state index contributed by atoms with van der Waals surface area (Å²) in [5, 5.41) is 2.30. The smallest absolute Gasteiger partial charge is 0.294 e. The van der Waals surface area contributed by atoms with Gasteiger partial charge in [0.1, 0.15) is 6.54 Å². The number of aryl methyl sites for hydroxylation is 2. The molecule has 0 saturated carbocycles. The standard InChI is InChI=1S/C19H19N3O3S/c1-12-6-4-5-7-15(12)20-17(23)11-22-18(24)16(26-19(22)25)10-14-9-8-13(2)21(14)3/h4-10H,11H2,1-3H3,(H,20,23)/b16-10-. The summed E-state index contributed by atoms with van der Waals surface area (Å²) >= 11 is 0.851. The summed E-state index contributed by atoms with van der Waals surface area (Å²) in [6.45, 7) is 3.53. The zero-order chi connectivity index (χ0) is 18.8. The molecule has 6 nitrogen and oxygen atoms in total. The molecule has 1 fully saturated rings. The van der Waals surface area contributed by atoms with E-state index < -0.39 is 17.1 Å². The molecule has 0 aliphatic carbocycles. The number of hydrogen-bond donors (Lipinski definition) is 1. The highest BCUT2D eigenvalue weighted by Crippen LogP contribution is 2.32. The molecule has 0 spiro atoms. The van der Waals surface area contributed by atoms with E-state index in [1.54, 1.807) is 12.1 Å². The molecule has 3 amide bonds. The van der Waals surface area contributed by atoms with Crippen molar-refractivity contribution in [1.29, 1.82) is 0 Å². The van der Waals surface area contributed by atoms with Gasteiger partial charge in [0.05, 0.1) is 4.91 Å². The van der Waals surface area contributed by atoms with Crippen molar-refractivity contribution in [2.75, 3.05) is 11.9 Å². The number of para-hydroxylation sites is 1. The van der Waals surface area contributed by atoms with E-state index in [9.17, 15) is 14.4 Å². The van der Waals surface area contributed by atoms with Gasteiger partial charge in [0, 0.05) is 24.1 Å². The highest BCUT2D eigenvalue weighted by Gasteiger charge is 2.36. The normalized spacial score (nSPS) is 15.8. The van der Waals surface area contributed by atoms with Crippen molar-refractivity contribution in [3.05, 3.63) is 58.3 Å². The second kappa shape index (κ2) is 7.21. The maximum Gasteiger partial charge on any atom is 0.294 e.